The molecule has 0 saturated carbocycles. The van der Waals surface area contributed by atoms with E-state index in [1.165, 1.54) is 18.2 Å². The summed E-state index contributed by atoms with van der Waals surface area (Å²) in [5.74, 6) is -0.570. The quantitative estimate of drug-likeness (QED) is 0.476. The zero-order valence-corrected chi connectivity index (χ0v) is 13.4. The Bertz CT molecular complexity index is 687. The predicted octanol–water partition coefficient (Wildman–Crippen LogP) is 5.70. The third kappa shape index (κ3) is 3.68. The molecule has 0 heterocycles. The van der Waals surface area contributed by atoms with Crippen molar-refractivity contribution in [3.8, 4) is 0 Å². The largest absolute Gasteiger partial charge is 0.417 e. The molecule has 21 heavy (non-hydrogen) atoms. The molecule has 0 aliphatic carbocycles. The van der Waals surface area contributed by atoms with Crippen LogP contribution in [0.25, 0.3) is 0 Å². The van der Waals surface area contributed by atoms with Crippen LogP contribution in [0, 0.1) is 5.82 Å². The molecule has 0 aromatic heterocycles. The van der Waals surface area contributed by atoms with Crippen LogP contribution >= 0.6 is 31.9 Å². The fraction of sp³-hybridized carbons (Fsp3) is 0.0769. The van der Waals surface area contributed by atoms with Crippen molar-refractivity contribution in [3.63, 3.8) is 0 Å². The number of nitrogens with two attached hydrogens (primary N) is 1. The summed E-state index contributed by atoms with van der Waals surface area (Å²) in [6, 6.07) is 6.05. The standard InChI is InChI=1S/C13H8Br2F4N2/c14-8-2-1-6(3-7(8)13(17,18)19)21-12-5-10(16)9(15)4-11(12)20/h1-5,21H,20H2. The Morgan fingerprint density at radius 3 is 2.29 bits per heavy atom. The van der Waals surface area contributed by atoms with Crippen molar-refractivity contribution in [1.82, 2.24) is 0 Å². The maximum Gasteiger partial charge on any atom is 0.417 e. The average Bonchev–Trinajstić information content (AvgIpc) is 2.37. The first-order chi connectivity index (χ1) is 9.68. The summed E-state index contributed by atoms with van der Waals surface area (Å²) in [5, 5.41) is 2.67. The Balaban J connectivity index is 2.39. The van der Waals surface area contributed by atoms with E-state index in [4.69, 9.17) is 5.73 Å². The predicted molar refractivity (Wildman–Crippen MR) is 80.9 cm³/mol. The highest BCUT2D eigenvalue weighted by atomic mass is 79.9. The van der Waals surface area contributed by atoms with Crippen LogP contribution in [0.4, 0.5) is 34.6 Å². The molecular weight excluding hydrogens is 420 g/mol. The number of benzene rings is 2. The lowest BCUT2D eigenvalue weighted by molar-refractivity contribution is -0.138. The Labute approximate surface area is 134 Å². The molecule has 2 nitrogen and oxygen atoms in total. The minimum Gasteiger partial charge on any atom is -0.397 e. The van der Waals surface area contributed by atoms with Gasteiger partial charge in [0.1, 0.15) is 5.82 Å². The van der Waals surface area contributed by atoms with E-state index in [0.29, 0.717) is 0 Å². The van der Waals surface area contributed by atoms with E-state index in [0.717, 1.165) is 12.1 Å². The molecule has 8 heteroatoms. The Hall–Kier alpha value is -1.28. The van der Waals surface area contributed by atoms with Gasteiger partial charge in [0.15, 0.2) is 0 Å². The highest BCUT2D eigenvalue weighted by Crippen LogP contribution is 2.37. The van der Waals surface area contributed by atoms with Gasteiger partial charge >= 0.3 is 6.18 Å². The van der Waals surface area contributed by atoms with Gasteiger partial charge in [0.2, 0.25) is 0 Å². The lowest BCUT2D eigenvalue weighted by Crippen LogP contribution is -2.07. The highest BCUT2D eigenvalue weighted by Gasteiger charge is 2.33. The summed E-state index contributed by atoms with van der Waals surface area (Å²) in [7, 11) is 0. The second-order valence-corrected chi connectivity index (χ2v) is 5.88. The van der Waals surface area contributed by atoms with Gasteiger partial charge in [0.25, 0.3) is 0 Å². The number of alkyl halides is 3. The van der Waals surface area contributed by atoms with Crippen LogP contribution in [-0.4, -0.2) is 0 Å². The van der Waals surface area contributed by atoms with E-state index in [1.54, 1.807) is 0 Å². The molecule has 2 rings (SSSR count). The number of anilines is 3. The number of nitrogens with one attached hydrogen (secondary N) is 1. The van der Waals surface area contributed by atoms with E-state index in [9.17, 15) is 17.6 Å². The van der Waals surface area contributed by atoms with Gasteiger partial charge < -0.3 is 11.1 Å². The van der Waals surface area contributed by atoms with Crippen LogP contribution in [-0.2, 0) is 6.18 Å². The van der Waals surface area contributed by atoms with E-state index >= 15 is 0 Å². The van der Waals surface area contributed by atoms with E-state index in [2.05, 4.69) is 37.2 Å². The number of hydrogen-bond acceptors (Lipinski definition) is 2. The van der Waals surface area contributed by atoms with Gasteiger partial charge in [-0.25, -0.2) is 4.39 Å². The second-order valence-electron chi connectivity index (χ2n) is 4.17. The van der Waals surface area contributed by atoms with Crippen molar-refractivity contribution in [3.05, 3.63) is 50.7 Å². The lowest BCUT2D eigenvalue weighted by atomic mass is 10.2. The van der Waals surface area contributed by atoms with Gasteiger partial charge in [-0.3, -0.25) is 0 Å². The van der Waals surface area contributed by atoms with Crippen molar-refractivity contribution in [2.45, 2.75) is 6.18 Å². The first-order valence-corrected chi connectivity index (χ1v) is 7.15. The van der Waals surface area contributed by atoms with E-state index < -0.39 is 17.6 Å². The van der Waals surface area contributed by atoms with E-state index in [-0.39, 0.29) is 26.0 Å². The molecule has 0 fully saturated rings. The zero-order chi connectivity index (χ0) is 15.8. The highest BCUT2D eigenvalue weighted by molar-refractivity contribution is 9.10. The van der Waals surface area contributed by atoms with Crippen LogP contribution < -0.4 is 11.1 Å². The summed E-state index contributed by atoms with van der Waals surface area (Å²) in [6.45, 7) is 0. The lowest BCUT2D eigenvalue weighted by Gasteiger charge is -2.14. The Kier molecular flexibility index (Phi) is 4.48. The number of halogens is 6. The van der Waals surface area contributed by atoms with Gasteiger partial charge in [-0.15, -0.1) is 0 Å². The molecule has 0 spiro atoms. The third-order valence-electron chi connectivity index (χ3n) is 2.64. The maximum absolute atomic E-state index is 13.5. The molecule has 0 bridgehead atoms. The molecule has 3 N–H and O–H groups in total. The smallest absolute Gasteiger partial charge is 0.397 e. The average molecular weight is 428 g/mol. The normalized spacial score (nSPS) is 11.5. The second kappa shape index (κ2) is 5.84. The van der Waals surface area contributed by atoms with Crippen LogP contribution in [0.2, 0.25) is 0 Å². The van der Waals surface area contributed by atoms with Crippen LogP contribution in [0.15, 0.2) is 39.3 Å². The van der Waals surface area contributed by atoms with Crippen molar-refractivity contribution >= 4 is 48.9 Å². The molecule has 0 atom stereocenters. The van der Waals surface area contributed by atoms with Crippen LogP contribution in [0.5, 0.6) is 0 Å². The Morgan fingerprint density at radius 2 is 1.67 bits per heavy atom. The first-order valence-electron chi connectivity index (χ1n) is 5.57. The van der Waals surface area contributed by atoms with Crippen LogP contribution in [0.3, 0.4) is 0 Å². The fourth-order valence-electron chi connectivity index (χ4n) is 1.65. The summed E-state index contributed by atoms with van der Waals surface area (Å²) in [6.07, 6.45) is -4.49. The van der Waals surface area contributed by atoms with Gasteiger partial charge in [0.05, 0.1) is 21.4 Å². The number of nitrogen functional groups attached to an aromatic ring is 1. The molecule has 0 amide bonds. The molecular formula is C13H8Br2F4N2. The minimum absolute atomic E-state index is 0.0736. The van der Waals surface area contributed by atoms with Gasteiger partial charge in [-0.2, -0.15) is 13.2 Å². The third-order valence-corrected chi connectivity index (χ3v) is 3.94. The molecule has 0 saturated heterocycles. The van der Waals surface area contributed by atoms with Gasteiger partial charge in [-0.1, -0.05) is 15.9 Å². The SMILES string of the molecule is Nc1cc(Br)c(F)cc1Nc1ccc(Br)c(C(F)(F)F)c1. The van der Waals surface area contributed by atoms with Crippen molar-refractivity contribution in [1.29, 1.82) is 0 Å². The fourth-order valence-corrected chi connectivity index (χ4v) is 2.48. The minimum atomic E-state index is -4.49. The number of hydrogen-bond donors (Lipinski definition) is 2. The molecule has 0 aliphatic rings. The molecule has 112 valence electrons. The van der Waals surface area contributed by atoms with E-state index in [1.807, 2.05) is 0 Å². The summed E-state index contributed by atoms with van der Waals surface area (Å²) >= 11 is 5.82. The topological polar surface area (TPSA) is 38.0 Å². The summed E-state index contributed by atoms with van der Waals surface area (Å²) in [5.41, 5.74) is 5.42. The monoisotopic (exact) mass is 426 g/mol. The summed E-state index contributed by atoms with van der Waals surface area (Å²) < 4.78 is 52.0. The van der Waals surface area contributed by atoms with Crippen molar-refractivity contribution in [2.24, 2.45) is 0 Å². The zero-order valence-electron chi connectivity index (χ0n) is 10.2. The number of rotatable bonds is 2. The van der Waals surface area contributed by atoms with Gasteiger partial charge in [-0.05, 0) is 40.2 Å². The molecule has 0 unspecified atom stereocenters. The molecule has 0 aliphatic heterocycles. The first kappa shape index (κ1) is 16.1. The van der Waals surface area contributed by atoms with Crippen molar-refractivity contribution < 1.29 is 17.6 Å². The maximum atomic E-state index is 13.5. The Morgan fingerprint density at radius 1 is 1.00 bits per heavy atom. The summed E-state index contributed by atoms with van der Waals surface area (Å²) in [4.78, 5) is 0. The van der Waals surface area contributed by atoms with Crippen LogP contribution in [0.1, 0.15) is 5.56 Å². The van der Waals surface area contributed by atoms with Gasteiger partial charge in [0, 0.05) is 16.2 Å². The molecule has 0 radical (unpaired) electrons. The molecule has 2 aromatic carbocycles. The van der Waals surface area contributed by atoms with Crippen molar-refractivity contribution in [2.75, 3.05) is 11.1 Å². The molecule has 2 aromatic rings.